The molecule has 0 spiro atoms. The molecule has 0 unspecified atom stereocenters. The maximum atomic E-state index is 6.92. The minimum Gasteiger partial charge on any atom is -0.340 e. The topological polar surface area (TPSA) is 27.1 Å². The third kappa shape index (κ3) is 3.76. The van der Waals surface area contributed by atoms with Gasteiger partial charge in [-0.05, 0) is 13.3 Å². The average Bonchev–Trinajstić information content (AvgIpc) is 1.88. The lowest BCUT2D eigenvalue weighted by Crippen LogP contribution is -2.14. The number of nitrogens with one attached hydrogen (secondary N) is 1. The molecule has 0 aliphatic heterocycles. The molecule has 0 fully saturated rings. The molecule has 0 aromatic heterocycles. The van der Waals surface area contributed by atoms with Crippen LogP contribution in [0.5, 0.6) is 0 Å². The minimum atomic E-state index is 0.938. The van der Waals surface area contributed by atoms with Crippen molar-refractivity contribution in [3.05, 3.63) is 12.3 Å². The van der Waals surface area contributed by atoms with E-state index in [0.717, 1.165) is 13.0 Å². The Balaban J connectivity index is 3.53. The van der Waals surface area contributed by atoms with Gasteiger partial charge >= 0.3 is 0 Å². The van der Waals surface area contributed by atoms with Gasteiger partial charge < -0.3 is 4.90 Å². The van der Waals surface area contributed by atoms with Crippen LogP contribution in [0, 0.1) is 5.41 Å². The van der Waals surface area contributed by atoms with E-state index in [-0.39, 0.29) is 0 Å². The van der Waals surface area contributed by atoms with Crippen molar-refractivity contribution < 1.29 is 0 Å². The Morgan fingerprint density at radius 3 is 2.56 bits per heavy atom. The minimum absolute atomic E-state index is 0.938. The molecule has 1 N–H and O–H groups in total. The Kier molecular flexibility index (Phi) is 4.88. The Hall–Kier alpha value is -0.790. The highest BCUT2D eigenvalue weighted by Crippen LogP contribution is 1.86. The molecule has 0 aliphatic carbocycles. The van der Waals surface area contributed by atoms with Crippen molar-refractivity contribution in [2.24, 2.45) is 0 Å². The van der Waals surface area contributed by atoms with Crippen molar-refractivity contribution in [2.75, 3.05) is 6.54 Å². The zero-order valence-corrected chi connectivity index (χ0v) is 6.09. The van der Waals surface area contributed by atoms with E-state index in [1.807, 2.05) is 24.1 Å². The van der Waals surface area contributed by atoms with E-state index in [9.17, 15) is 0 Å². The van der Waals surface area contributed by atoms with Crippen molar-refractivity contribution in [2.45, 2.75) is 20.3 Å². The number of allylic oxidation sites excluding steroid dienone is 1. The van der Waals surface area contributed by atoms with Gasteiger partial charge in [0.15, 0.2) is 0 Å². The van der Waals surface area contributed by atoms with Gasteiger partial charge in [0, 0.05) is 12.7 Å². The molecule has 0 saturated carbocycles. The summed E-state index contributed by atoms with van der Waals surface area (Å²) < 4.78 is 0. The maximum Gasteiger partial charge on any atom is 0.0857 e. The number of hydrogen-bond acceptors (Lipinski definition) is 1. The van der Waals surface area contributed by atoms with Gasteiger partial charge in [0.1, 0.15) is 0 Å². The first kappa shape index (κ1) is 8.21. The van der Waals surface area contributed by atoms with Crippen LogP contribution in [-0.2, 0) is 0 Å². The van der Waals surface area contributed by atoms with Crippen molar-refractivity contribution in [3.63, 3.8) is 0 Å². The van der Waals surface area contributed by atoms with Crippen molar-refractivity contribution in [1.29, 1.82) is 5.41 Å². The summed E-state index contributed by atoms with van der Waals surface area (Å²) >= 11 is 0. The zero-order valence-electron chi connectivity index (χ0n) is 6.09. The van der Waals surface area contributed by atoms with Crippen LogP contribution < -0.4 is 0 Å². The van der Waals surface area contributed by atoms with Gasteiger partial charge in [0.25, 0.3) is 0 Å². The summed E-state index contributed by atoms with van der Waals surface area (Å²) in [6, 6.07) is 0. The molecule has 0 heterocycles. The van der Waals surface area contributed by atoms with Crippen LogP contribution in [0.4, 0.5) is 0 Å². The largest absolute Gasteiger partial charge is 0.340 e. The van der Waals surface area contributed by atoms with Crippen molar-refractivity contribution in [1.82, 2.24) is 4.90 Å². The number of hydrogen-bond donors (Lipinski definition) is 1. The normalized spacial score (nSPS) is 10.0. The summed E-state index contributed by atoms with van der Waals surface area (Å²) in [7, 11) is 0. The number of rotatable bonds is 4. The maximum absolute atomic E-state index is 6.92. The van der Waals surface area contributed by atoms with E-state index in [4.69, 9.17) is 5.41 Å². The van der Waals surface area contributed by atoms with Crippen LogP contribution in [0.25, 0.3) is 0 Å². The van der Waals surface area contributed by atoms with Crippen LogP contribution in [0.2, 0.25) is 0 Å². The van der Waals surface area contributed by atoms with Gasteiger partial charge in [-0.3, -0.25) is 5.41 Å². The summed E-state index contributed by atoms with van der Waals surface area (Å²) in [4.78, 5) is 1.85. The third-order valence-electron chi connectivity index (χ3n) is 0.988. The van der Waals surface area contributed by atoms with Crippen LogP contribution in [0.15, 0.2) is 12.3 Å². The lowest BCUT2D eigenvalue weighted by Gasteiger charge is -2.10. The van der Waals surface area contributed by atoms with Gasteiger partial charge in [-0.15, -0.1) is 0 Å². The second-order valence-electron chi connectivity index (χ2n) is 1.85. The lowest BCUT2D eigenvalue weighted by molar-refractivity contribution is 0.559. The van der Waals surface area contributed by atoms with Crippen LogP contribution in [0.3, 0.4) is 0 Å². The quantitative estimate of drug-likeness (QED) is 0.451. The highest BCUT2D eigenvalue weighted by atomic mass is 15.1. The van der Waals surface area contributed by atoms with Gasteiger partial charge in [-0.25, -0.2) is 0 Å². The predicted molar refractivity (Wildman–Crippen MR) is 40.6 cm³/mol. The van der Waals surface area contributed by atoms with E-state index >= 15 is 0 Å². The molecule has 0 amide bonds. The second-order valence-corrected chi connectivity index (χ2v) is 1.85. The molecule has 0 radical (unpaired) electrons. The summed E-state index contributed by atoms with van der Waals surface area (Å²) in [6.45, 7) is 4.99. The first-order valence-electron chi connectivity index (χ1n) is 3.24. The first-order valence-corrected chi connectivity index (χ1v) is 3.24. The Morgan fingerprint density at radius 1 is 1.56 bits per heavy atom. The zero-order chi connectivity index (χ0) is 7.11. The van der Waals surface area contributed by atoms with Crippen molar-refractivity contribution in [3.8, 4) is 0 Å². The SMILES string of the molecule is C/C=C\N(C=N)CCC. The van der Waals surface area contributed by atoms with E-state index in [1.165, 1.54) is 6.34 Å². The Labute approximate surface area is 56.7 Å². The summed E-state index contributed by atoms with van der Waals surface area (Å²) in [5.41, 5.74) is 0. The molecule has 0 bridgehead atoms. The molecule has 2 heteroatoms. The van der Waals surface area contributed by atoms with E-state index in [0.29, 0.717) is 0 Å². The highest BCUT2D eigenvalue weighted by molar-refractivity contribution is 5.52. The molecule has 0 aliphatic rings. The molecule has 0 aromatic carbocycles. The van der Waals surface area contributed by atoms with E-state index in [1.54, 1.807) is 0 Å². The molecule has 0 rings (SSSR count). The second kappa shape index (κ2) is 5.35. The first-order chi connectivity index (χ1) is 4.35. The fourth-order valence-electron chi connectivity index (χ4n) is 0.632. The molecule has 0 saturated heterocycles. The molecule has 0 atom stereocenters. The fraction of sp³-hybridized carbons (Fsp3) is 0.571. The third-order valence-corrected chi connectivity index (χ3v) is 0.988. The average molecular weight is 126 g/mol. The van der Waals surface area contributed by atoms with Crippen LogP contribution in [0.1, 0.15) is 20.3 Å². The molecule has 2 nitrogen and oxygen atoms in total. The van der Waals surface area contributed by atoms with Gasteiger partial charge in [0.05, 0.1) is 6.34 Å². The molecular formula is C7H14N2. The van der Waals surface area contributed by atoms with Crippen LogP contribution in [-0.4, -0.2) is 17.8 Å². The molecule has 52 valence electrons. The van der Waals surface area contributed by atoms with E-state index < -0.39 is 0 Å². The monoisotopic (exact) mass is 126 g/mol. The van der Waals surface area contributed by atoms with Gasteiger partial charge in [0.2, 0.25) is 0 Å². The Bertz CT molecular complexity index is 97.1. The molecular weight excluding hydrogens is 112 g/mol. The molecule has 0 aromatic rings. The lowest BCUT2D eigenvalue weighted by atomic mass is 10.4. The predicted octanol–water partition coefficient (Wildman–Crippen LogP) is 1.84. The summed E-state index contributed by atoms with van der Waals surface area (Å²) in [6.07, 6.45) is 6.25. The highest BCUT2D eigenvalue weighted by Gasteiger charge is 1.87. The van der Waals surface area contributed by atoms with E-state index in [2.05, 4.69) is 6.92 Å². The van der Waals surface area contributed by atoms with Crippen molar-refractivity contribution >= 4 is 6.34 Å². The smallest absolute Gasteiger partial charge is 0.0857 e. The summed E-state index contributed by atoms with van der Waals surface area (Å²) in [5, 5.41) is 6.92. The van der Waals surface area contributed by atoms with Crippen LogP contribution >= 0.6 is 0 Å². The van der Waals surface area contributed by atoms with Gasteiger partial charge in [-0.2, -0.15) is 0 Å². The number of nitrogens with zero attached hydrogens (tertiary/aromatic N) is 1. The standard InChI is InChI=1S/C7H14N2/c1-3-5-9(7-8)6-4-2/h3,5,7-8H,4,6H2,1-2H3/b5-3-,8-7?. The Morgan fingerprint density at radius 2 is 2.22 bits per heavy atom. The molecule has 9 heavy (non-hydrogen) atoms. The summed E-state index contributed by atoms with van der Waals surface area (Å²) in [5.74, 6) is 0. The fourth-order valence-corrected chi connectivity index (χ4v) is 0.632. The van der Waals surface area contributed by atoms with Gasteiger partial charge in [-0.1, -0.05) is 13.0 Å².